The molecule has 0 aliphatic rings. The van der Waals surface area contributed by atoms with Crippen molar-refractivity contribution in [2.75, 3.05) is 27.2 Å². The number of aliphatic imine (C=N–C) groups is 1. The second-order valence-electron chi connectivity index (χ2n) is 5.89. The fourth-order valence-electron chi connectivity index (χ4n) is 1.99. The van der Waals surface area contributed by atoms with Crippen LogP contribution in [0.25, 0.3) is 0 Å². The van der Waals surface area contributed by atoms with Crippen LogP contribution in [0.3, 0.4) is 0 Å². The highest BCUT2D eigenvalue weighted by Crippen LogP contribution is 2.32. The van der Waals surface area contributed by atoms with Gasteiger partial charge in [-0.3, -0.25) is 4.79 Å². The van der Waals surface area contributed by atoms with Crippen LogP contribution in [-0.4, -0.2) is 44.0 Å². The molecule has 2 N–H and O–H groups in total. The molecule has 10 heteroatoms. The van der Waals surface area contributed by atoms with E-state index in [1.807, 2.05) is 6.92 Å². The molecule has 1 amide bonds. The second-order valence-corrected chi connectivity index (χ2v) is 5.89. The molecule has 0 spiro atoms. The van der Waals surface area contributed by atoms with Crippen molar-refractivity contribution in [3.05, 3.63) is 35.1 Å². The van der Waals surface area contributed by atoms with E-state index in [0.29, 0.717) is 12.6 Å². The molecule has 0 radical (unpaired) electrons. The van der Waals surface area contributed by atoms with Crippen molar-refractivity contribution in [1.29, 1.82) is 0 Å². The number of likely N-dealkylation sites (N-methyl/N-ethyl adjacent to an activating group) is 1. The molecule has 1 aromatic rings. The quantitative estimate of drug-likeness (QED) is 0.197. The van der Waals surface area contributed by atoms with Gasteiger partial charge < -0.3 is 15.5 Å². The minimum absolute atomic E-state index is 0. The third-order valence-electron chi connectivity index (χ3n) is 3.51. The minimum atomic E-state index is -4.67. The van der Waals surface area contributed by atoms with Crippen molar-refractivity contribution in [3.63, 3.8) is 0 Å². The van der Waals surface area contributed by atoms with E-state index in [1.165, 1.54) is 4.90 Å². The average Bonchev–Trinajstić information content (AvgIpc) is 2.56. The van der Waals surface area contributed by atoms with E-state index in [-0.39, 0.29) is 54.5 Å². The Morgan fingerprint density at radius 3 is 2.44 bits per heavy atom. The summed E-state index contributed by atoms with van der Waals surface area (Å²) in [5.41, 5.74) is -1.20. The Labute approximate surface area is 173 Å². The van der Waals surface area contributed by atoms with Gasteiger partial charge in [0.05, 0.1) is 18.7 Å². The fraction of sp³-hybridized carbons (Fsp3) is 0.529. The van der Waals surface area contributed by atoms with E-state index in [0.717, 1.165) is 25.0 Å². The number of carbonyl (C=O) groups is 1. The summed E-state index contributed by atoms with van der Waals surface area (Å²) in [5, 5.41) is 5.76. The summed E-state index contributed by atoms with van der Waals surface area (Å²) in [6.45, 7) is 2.22. The van der Waals surface area contributed by atoms with E-state index in [2.05, 4.69) is 15.6 Å². The van der Waals surface area contributed by atoms with Gasteiger partial charge in [-0.15, -0.1) is 24.0 Å². The number of rotatable bonds is 7. The maximum absolute atomic E-state index is 13.2. The van der Waals surface area contributed by atoms with Crippen molar-refractivity contribution in [1.82, 2.24) is 15.5 Å². The first-order valence-corrected chi connectivity index (χ1v) is 8.23. The standard InChI is InChI=1S/C17H24F4N4O.HI/c1-4-5-8-22-16(24-11-15(26)25(2)3)23-10-12-6-7-13(18)9-14(12)17(19,20)21;/h6-7,9H,4-5,8,10-11H2,1-3H3,(H2,22,23,24);1H. The monoisotopic (exact) mass is 504 g/mol. The topological polar surface area (TPSA) is 56.7 Å². The van der Waals surface area contributed by atoms with E-state index in [4.69, 9.17) is 0 Å². The summed E-state index contributed by atoms with van der Waals surface area (Å²) in [4.78, 5) is 17.2. The third kappa shape index (κ3) is 9.25. The Hall–Kier alpha value is -1.59. The molecule has 0 aliphatic heterocycles. The van der Waals surface area contributed by atoms with Crippen LogP contribution < -0.4 is 10.6 Å². The van der Waals surface area contributed by atoms with E-state index < -0.39 is 17.6 Å². The molecule has 0 fully saturated rings. The fourth-order valence-corrected chi connectivity index (χ4v) is 1.99. The molecular formula is C17H25F4IN4O. The van der Waals surface area contributed by atoms with Gasteiger partial charge in [0.15, 0.2) is 5.96 Å². The van der Waals surface area contributed by atoms with Crippen molar-refractivity contribution < 1.29 is 22.4 Å². The zero-order valence-electron chi connectivity index (χ0n) is 15.5. The lowest BCUT2D eigenvalue weighted by atomic mass is 10.1. The number of benzene rings is 1. The number of nitrogens with one attached hydrogen (secondary N) is 2. The van der Waals surface area contributed by atoms with Gasteiger partial charge in [-0.25, -0.2) is 9.38 Å². The molecule has 0 bridgehead atoms. The highest BCUT2D eigenvalue weighted by atomic mass is 127. The highest BCUT2D eigenvalue weighted by Gasteiger charge is 2.33. The highest BCUT2D eigenvalue weighted by molar-refractivity contribution is 14.0. The van der Waals surface area contributed by atoms with Crippen LogP contribution in [0, 0.1) is 5.82 Å². The Kier molecular flexibility index (Phi) is 11.3. The van der Waals surface area contributed by atoms with Crippen molar-refractivity contribution in [2.24, 2.45) is 4.99 Å². The Bertz CT molecular complexity index is 636. The number of carbonyl (C=O) groups excluding carboxylic acids is 1. The van der Waals surface area contributed by atoms with Gasteiger partial charge in [0.1, 0.15) is 5.82 Å². The average molecular weight is 504 g/mol. The molecular weight excluding hydrogens is 479 g/mol. The third-order valence-corrected chi connectivity index (χ3v) is 3.51. The Morgan fingerprint density at radius 1 is 1.22 bits per heavy atom. The molecule has 0 aliphatic carbocycles. The zero-order valence-corrected chi connectivity index (χ0v) is 17.8. The normalized spacial score (nSPS) is 11.6. The van der Waals surface area contributed by atoms with Crippen molar-refractivity contribution in [2.45, 2.75) is 32.5 Å². The van der Waals surface area contributed by atoms with Gasteiger partial charge in [-0.2, -0.15) is 13.2 Å². The van der Waals surface area contributed by atoms with Gasteiger partial charge in [0, 0.05) is 20.6 Å². The van der Waals surface area contributed by atoms with Crippen LogP contribution in [0.4, 0.5) is 17.6 Å². The van der Waals surface area contributed by atoms with Crippen molar-refractivity contribution >= 4 is 35.8 Å². The first kappa shape index (κ1) is 25.4. The molecule has 0 aromatic heterocycles. The van der Waals surface area contributed by atoms with Crippen molar-refractivity contribution in [3.8, 4) is 0 Å². The predicted molar refractivity (Wildman–Crippen MR) is 108 cm³/mol. The molecule has 154 valence electrons. The molecule has 0 atom stereocenters. The molecule has 0 heterocycles. The number of guanidine groups is 1. The summed E-state index contributed by atoms with van der Waals surface area (Å²) in [7, 11) is 3.19. The van der Waals surface area contributed by atoms with E-state index in [1.54, 1.807) is 14.1 Å². The molecule has 5 nitrogen and oxygen atoms in total. The number of alkyl halides is 3. The number of hydrogen-bond donors (Lipinski definition) is 2. The summed E-state index contributed by atoms with van der Waals surface area (Å²) in [5.74, 6) is -0.931. The maximum atomic E-state index is 13.2. The number of nitrogens with zero attached hydrogens (tertiary/aromatic N) is 2. The van der Waals surface area contributed by atoms with Crippen LogP contribution in [-0.2, 0) is 17.5 Å². The van der Waals surface area contributed by atoms with Crippen LogP contribution in [0.2, 0.25) is 0 Å². The molecule has 0 saturated heterocycles. The lowest BCUT2D eigenvalue weighted by molar-refractivity contribution is -0.138. The zero-order chi connectivity index (χ0) is 19.7. The smallest absolute Gasteiger partial charge is 0.356 e. The molecule has 0 unspecified atom stereocenters. The molecule has 1 aromatic carbocycles. The number of halogens is 5. The summed E-state index contributed by atoms with van der Waals surface area (Å²) in [6.07, 6.45) is -2.91. The summed E-state index contributed by atoms with van der Waals surface area (Å²) in [6, 6.07) is 2.49. The lowest BCUT2D eigenvalue weighted by Crippen LogP contribution is -2.43. The number of unbranched alkanes of at least 4 members (excludes halogenated alkanes) is 1. The summed E-state index contributed by atoms with van der Waals surface area (Å²) < 4.78 is 52.3. The molecule has 0 saturated carbocycles. The van der Waals surface area contributed by atoms with Crippen LogP contribution in [0.1, 0.15) is 30.9 Å². The largest absolute Gasteiger partial charge is 0.416 e. The summed E-state index contributed by atoms with van der Waals surface area (Å²) >= 11 is 0. The van der Waals surface area contributed by atoms with Crippen LogP contribution in [0.5, 0.6) is 0 Å². The van der Waals surface area contributed by atoms with E-state index >= 15 is 0 Å². The van der Waals surface area contributed by atoms with Gasteiger partial charge in [-0.1, -0.05) is 19.4 Å². The van der Waals surface area contributed by atoms with Crippen LogP contribution >= 0.6 is 24.0 Å². The predicted octanol–water partition coefficient (Wildman–Crippen LogP) is 3.39. The first-order valence-electron chi connectivity index (χ1n) is 8.23. The van der Waals surface area contributed by atoms with Gasteiger partial charge >= 0.3 is 6.18 Å². The number of amides is 1. The van der Waals surface area contributed by atoms with E-state index in [9.17, 15) is 22.4 Å². The molecule has 1 rings (SSSR count). The lowest BCUT2D eigenvalue weighted by Gasteiger charge is -2.16. The first-order chi connectivity index (χ1) is 12.1. The maximum Gasteiger partial charge on any atom is 0.416 e. The number of hydrogen-bond acceptors (Lipinski definition) is 2. The SMILES string of the molecule is CCCCNC(=NCc1ccc(F)cc1C(F)(F)F)NCC(=O)N(C)C.I. The molecule has 27 heavy (non-hydrogen) atoms. The minimum Gasteiger partial charge on any atom is -0.356 e. The van der Waals surface area contributed by atoms with Crippen LogP contribution in [0.15, 0.2) is 23.2 Å². The second kappa shape index (κ2) is 12.0. The Morgan fingerprint density at radius 2 is 1.89 bits per heavy atom. The van der Waals surface area contributed by atoms with Gasteiger partial charge in [0.25, 0.3) is 0 Å². The Balaban J connectivity index is 0.00000676. The van der Waals surface area contributed by atoms with Gasteiger partial charge in [0.2, 0.25) is 5.91 Å². The van der Waals surface area contributed by atoms with Gasteiger partial charge in [-0.05, 0) is 24.1 Å².